The van der Waals surface area contributed by atoms with Gasteiger partial charge in [-0.15, -0.1) is 0 Å². The highest BCUT2D eigenvalue weighted by Gasteiger charge is 1.99. The van der Waals surface area contributed by atoms with Gasteiger partial charge in [0.05, 0.1) is 7.11 Å². The summed E-state index contributed by atoms with van der Waals surface area (Å²) in [6.07, 6.45) is 3.30. The second kappa shape index (κ2) is 6.57. The smallest absolute Gasteiger partial charge is 0.152 e. The fraction of sp³-hybridized carbons (Fsp3) is 0.118. The van der Waals surface area contributed by atoms with Crippen molar-refractivity contribution in [1.82, 2.24) is 0 Å². The Kier molecular flexibility index (Phi) is 4.56. The van der Waals surface area contributed by atoms with Crippen LogP contribution in [-0.2, 0) is 4.79 Å². The van der Waals surface area contributed by atoms with Gasteiger partial charge in [-0.3, -0.25) is 4.79 Å². The fourth-order valence-corrected chi connectivity index (χ4v) is 1.68. The van der Waals surface area contributed by atoms with E-state index in [2.05, 4.69) is 0 Å². The van der Waals surface area contributed by atoms with Crippen LogP contribution in [0.25, 0.3) is 6.08 Å². The molecule has 0 bridgehead atoms. The van der Waals surface area contributed by atoms with Gasteiger partial charge in [0.1, 0.15) is 17.2 Å². The summed E-state index contributed by atoms with van der Waals surface area (Å²) in [5.41, 5.74) is 0.922. The van der Waals surface area contributed by atoms with Crippen molar-refractivity contribution in [3.8, 4) is 17.2 Å². The molecule has 0 saturated carbocycles. The van der Waals surface area contributed by atoms with E-state index in [0.29, 0.717) is 0 Å². The number of ketones is 1. The SMILES string of the molecule is COc1ccc(Oc2cccc(/C=C/C(C)=O)c2)cc1. The summed E-state index contributed by atoms with van der Waals surface area (Å²) in [6, 6.07) is 14.9. The quantitative estimate of drug-likeness (QED) is 0.766. The minimum absolute atomic E-state index is 0.0199. The van der Waals surface area contributed by atoms with Crippen LogP contribution in [0.4, 0.5) is 0 Å². The molecule has 2 aromatic carbocycles. The molecule has 3 nitrogen and oxygen atoms in total. The van der Waals surface area contributed by atoms with E-state index in [9.17, 15) is 4.79 Å². The molecule has 0 spiro atoms. The van der Waals surface area contributed by atoms with Crippen LogP contribution in [0.1, 0.15) is 12.5 Å². The number of rotatable bonds is 5. The lowest BCUT2D eigenvalue weighted by molar-refractivity contribution is -0.112. The van der Waals surface area contributed by atoms with Crippen LogP contribution in [-0.4, -0.2) is 12.9 Å². The highest BCUT2D eigenvalue weighted by atomic mass is 16.5. The van der Waals surface area contributed by atoms with Crippen LogP contribution in [0.5, 0.6) is 17.2 Å². The molecule has 0 radical (unpaired) electrons. The summed E-state index contributed by atoms with van der Waals surface area (Å²) in [4.78, 5) is 10.9. The van der Waals surface area contributed by atoms with E-state index in [1.807, 2.05) is 48.5 Å². The molecule has 0 N–H and O–H groups in total. The first kappa shape index (κ1) is 13.9. The molecule has 0 unspecified atom stereocenters. The molecular formula is C17H16O3. The first-order valence-corrected chi connectivity index (χ1v) is 6.28. The second-order valence-electron chi connectivity index (χ2n) is 4.29. The van der Waals surface area contributed by atoms with E-state index in [1.54, 1.807) is 13.2 Å². The second-order valence-corrected chi connectivity index (χ2v) is 4.29. The van der Waals surface area contributed by atoms with Crippen molar-refractivity contribution in [2.24, 2.45) is 0 Å². The Balaban J connectivity index is 2.12. The van der Waals surface area contributed by atoms with Crippen molar-refractivity contribution in [3.63, 3.8) is 0 Å². The van der Waals surface area contributed by atoms with E-state index >= 15 is 0 Å². The van der Waals surface area contributed by atoms with Gasteiger partial charge in [-0.05, 0) is 55.0 Å². The monoisotopic (exact) mass is 268 g/mol. The number of hydrogen-bond acceptors (Lipinski definition) is 3. The zero-order chi connectivity index (χ0) is 14.4. The van der Waals surface area contributed by atoms with Crippen LogP contribution >= 0.6 is 0 Å². The third-order valence-electron chi connectivity index (χ3n) is 2.66. The van der Waals surface area contributed by atoms with Gasteiger partial charge in [0.15, 0.2) is 5.78 Å². The third-order valence-corrected chi connectivity index (χ3v) is 2.66. The molecule has 0 aromatic heterocycles. The summed E-state index contributed by atoms with van der Waals surface area (Å²) in [5.74, 6) is 2.27. The van der Waals surface area contributed by atoms with Crippen molar-refractivity contribution in [1.29, 1.82) is 0 Å². The summed E-state index contributed by atoms with van der Waals surface area (Å²) in [7, 11) is 1.63. The minimum atomic E-state index is 0.0199. The first-order chi connectivity index (χ1) is 9.67. The van der Waals surface area contributed by atoms with Crippen molar-refractivity contribution < 1.29 is 14.3 Å². The van der Waals surface area contributed by atoms with Crippen molar-refractivity contribution in [2.45, 2.75) is 6.92 Å². The highest BCUT2D eigenvalue weighted by Crippen LogP contribution is 2.24. The predicted octanol–water partition coefficient (Wildman–Crippen LogP) is 4.09. The largest absolute Gasteiger partial charge is 0.497 e. The molecule has 0 atom stereocenters. The fourth-order valence-electron chi connectivity index (χ4n) is 1.68. The Labute approximate surface area is 118 Å². The van der Waals surface area contributed by atoms with E-state index in [0.717, 1.165) is 22.8 Å². The van der Waals surface area contributed by atoms with Crippen LogP contribution in [0, 0.1) is 0 Å². The average Bonchev–Trinajstić information content (AvgIpc) is 2.46. The summed E-state index contributed by atoms with van der Waals surface area (Å²) in [6.45, 7) is 1.52. The van der Waals surface area contributed by atoms with Gasteiger partial charge < -0.3 is 9.47 Å². The third kappa shape index (κ3) is 3.99. The molecule has 20 heavy (non-hydrogen) atoms. The van der Waals surface area contributed by atoms with Crippen LogP contribution in [0.15, 0.2) is 54.6 Å². The van der Waals surface area contributed by atoms with Crippen molar-refractivity contribution in [3.05, 3.63) is 60.2 Å². The topological polar surface area (TPSA) is 35.5 Å². The Hall–Kier alpha value is -2.55. The molecule has 0 fully saturated rings. The number of carbonyl (C=O) groups excluding carboxylic acids is 1. The summed E-state index contributed by atoms with van der Waals surface area (Å²) < 4.78 is 10.8. The maximum absolute atomic E-state index is 10.9. The molecule has 2 rings (SSSR count). The molecule has 0 amide bonds. The summed E-state index contributed by atoms with van der Waals surface area (Å²) >= 11 is 0. The van der Waals surface area contributed by atoms with E-state index in [1.165, 1.54) is 13.0 Å². The van der Waals surface area contributed by atoms with Crippen molar-refractivity contribution in [2.75, 3.05) is 7.11 Å². The van der Waals surface area contributed by atoms with Gasteiger partial charge in [-0.25, -0.2) is 0 Å². The van der Waals surface area contributed by atoms with Gasteiger partial charge in [0, 0.05) is 0 Å². The van der Waals surface area contributed by atoms with Gasteiger partial charge >= 0.3 is 0 Å². The normalized spacial score (nSPS) is 10.5. The number of ether oxygens (including phenoxy) is 2. The summed E-state index contributed by atoms with van der Waals surface area (Å²) in [5, 5.41) is 0. The lowest BCUT2D eigenvalue weighted by atomic mass is 10.2. The zero-order valence-electron chi connectivity index (χ0n) is 11.5. The molecule has 2 aromatic rings. The number of allylic oxidation sites excluding steroid dienone is 1. The molecule has 0 aliphatic carbocycles. The molecule has 0 heterocycles. The number of carbonyl (C=O) groups is 1. The van der Waals surface area contributed by atoms with Gasteiger partial charge in [0.2, 0.25) is 0 Å². The van der Waals surface area contributed by atoms with Gasteiger partial charge in [-0.2, -0.15) is 0 Å². The standard InChI is InChI=1S/C17H16O3/c1-13(18)6-7-14-4-3-5-17(12-14)20-16-10-8-15(19-2)9-11-16/h3-12H,1-2H3/b7-6+. The Bertz CT molecular complexity index is 612. The molecule has 0 aliphatic heterocycles. The van der Waals surface area contributed by atoms with Crippen molar-refractivity contribution >= 4 is 11.9 Å². The predicted molar refractivity (Wildman–Crippen MR) is 79.2 cm³/mol. The minimum Gasteiger partial charge on any atom is -0.497 e. The molecule has 3 heteroatoms. The average molecular weight is 268 g/mol. The molecular weight excluding hydrogens is 252 g/mol. The van der Waals surface area contributed by atoms with E-state index < -0.39 is 0 Å². The van der Waals surface area contributed by atoms with Crippen LogP contribution in [0.3, 0.4) is 0 Å². The van der Waals surface area contributed by atoms with E-state index in [-0.39, 0.29) is 5.78 Å². The lowest BCUT2D eigenvalue weighted by Gasteiger charge is -2.07. The number of methoxy groups -OCH3 is 1. The Morgan fingerprint density at radius 2 is 1.70 bits per heavy atom. The molecule has 102 valence electrons. The molecule has 0 saturated heterocycles. The Morgan fingerprint density at radius 3 is 2.35 bits per heavy atom. The van der Waals surface area contributed by atoms with E-state index in [4.69, 9.17) is 9.47 Å². The maximum Gasteiger partial charge on any atom is 0.152 e. The number of hydrogen-bond donors (Lipinski definition) is 0. The first-order valence-electron chi connectivity index (χ1n) is 6.28. The zero-order valence-corrected chi connectivity index (χ0v) is 11.5. The Morgan fingerprint density at radius 1 is 1.00 bits per heavy atom. The lowest BCUT2D eigenvalue weighted by Crippen LogP contribution is -1.86. The van der Waals surface area contributed by atoms with Gasteiger partial charge in [-0.1, -0.05) is 18.2 Å². The molecule has 0 aliphatic rings. The van der Waals surface area contributed by atoms with Gasteiger partial charge in [0.25, 0.3) is 0 Å². The maximum atomic E-state index is 10.9. The van der Waals surface area contributed by atoms with Crippen LogP contribution < -0.4 is 9.47 Å². The van der Waals surface area contributed by atoms with Crippen LogP contribution in [0.2, 0.25) is 0 Å². The number of benzene rings is 2. The highest BCUT2D eigenvalue weighted by molar-refractivity contribution is 5.91.